The first kappa shape index (κ1) is 15.7. The number of nitrogens with one attached hydrogen (secondary N) is 1. The summed E-state index contributed by atoms with van der Waals surface area (Å²) in [6.45, 7) is 0.991. The Hall–Kier alpha value is -2.21. The Bertz CT molecular complexity index is 657. The van der Waals surface area contributed by atoms with Crippen LogP contribution in [0.1, 0.15) is 29.3 Å². The maximum Gasteiger partial charge on any atom is 0.222 e. The van der Waals surface area contributed by atoms with Crippen molar-refractivity contribution in [3.8, 4) is 0 Å². The molecule has 5 nitrogen and oxygen atoms in total. The highest BCUT2D eigenvalue weighted by Crippen LogP contribution is 2.25. The Morgan fingerprint density at radius 1 is 1.39 bits per heavy atom. The van der Waals surface area contributed by atoms with Crippen molar-refractivity contribution in [2.75, 3.05) is 19.8 Å². The summed E-state index contributed by atoms with van der Waals surface area (Å²) >= 11 is 0. The van der Waals surface area contributed by atoms with E-state index >= 15 is 0 Å². The fourth-order valence-electron chi connectivity index (χ4n) is 2.72. The fraction of sp³-hybridized carbons (Fsp3) is 0.412. The molecule has 0 bridgehead atoms. The number of rotatable bonds is 6. The van der Waals surface area contributed by atoms with Gasteiger partial charge >= 0.3 is 0 Å². The van der Waals surface area contributed by atoms with Crippen molar-refractivity contribution >= 4 is 5.91 Å². The van der Waals surface area contributed by atoms with Crippen LogP contribution in [0.15, 0.2) is 36.5 Å². The highest BCUT2D eigenvalue weighted by Gasteiger charge is 2.25. The molecule has 0 radical (unpaired) electrons. The van der Waals surface area contributed by atoms with Gasteiger partial charge in [-0.05, 0) is 17.5 Å². The number of alkyl halides is 1. The van der Waals surface area contributed by atoms with E-state index in [4.69, 9.17) is 4.74 Å². The van der Waals surface area contributed by atoms with Crippen LogP contribution in [-0.4, -0.2) is 35.5 Å². The second-order valence-corrected chi connectivity index (χ2v) is 5.58. The third-order valence-electron chi connectivity index (χ3n) is 3.86. The lowest BCUT2D eigenvalue weighted by Gasteiger charge is -2.22. The second kappa shape index (κ2) is 7.37. The van der Waals surface area contributed by atoms with Gasteiger partial charge in [0.05, 0.1) is 31.9 Å². The molecule has 1 atom stereocenters. The van der Waals surface area contributed by atoms with Crippen LogP contribution in [0.25, 0.3) is 0 Å². The maximum absolute atomic E-state index is 12.2. The zero-order valence-corrected chi connectivity index (χ0v) is 12.9. The second-order valence-electron chi connectivity index (χ2n) is 5.58. The van der Waals surface area contributed by atoms with E-state index in [-0.39, 0.29) is 18.4 Å². The Morgan fingerprint density at radius 2 is 2.22 bits per heavy atom. The number of aromatic nitrogens is 2. The van der Waals surface area contributed by atoms with Crippen molar-refractivity contribution in [1.29, 1.82) is 0 Å². The van der Waals surface area contributed by atoms with Crippen LogP contribution in [0.3, 0.4) is 0 Å². The number of ether oxygens (including phenoxy) is 1. The van der Waals surface area contributed by atoms with Crippen LogP contribution in [0, 0.1) is 0 Å². The van der Waals surface area contributed by atoms with Crippen LogP contribution in [0.2, 0.25) is 0 Å². The molecule has 23 heavy (non-hydrogen) atoms. The molecule has 6 heteroatoms. The van der Waals surface area contributed by atoms with Gasteiger partial charge in [0.2, 0.25) is 5.91 Å². The van der Waals surface area contributed by atoms with Crippen LogP contribution in [-0.2, 0) is 22.5 Å². The largest absolute Gasteiger partial charge is 0.370 e. The van der Waals surface area contributed by atoms with E-state index in [9.17, 15) is 9.18 Å². The molecule has 1 amide bonds. The van der Waals surface area contributed by atoms with E-state index < -0.39 is 6.67 Å². The number of amides is 1. The fourth-order valence-corrected chi connectivity index (χ4v) is 2.72. The summed E-state index contributed by atoms with van der Waals surface area (Å²) in [7, 11) is 0. The summed E-state index contributed by atoms with van der Waals surface area (Å²) in [5, 5.41) is 7.32. The van der Waals surface area contributed by atoms with Gasteiger partial charge in [0, 0.05) is 12.7 Å². The molecule has 1 aliphatic rings. The van der Waals surface area contributed by atoms with Gasteiger partial charge in [-0.1, -0.05) is 30.3 Å². The van der Waals surface area contributed by atoms with Crippen molar-refractivity contribution in [3.63, 3.8) is 0 Å². The first-order valence-electron chi connectivity index (χ1n) is 7.80. The summed E-state index contributed by atoms with van der Waals surface area (Å²) < 4.78 is 19.8. The number of nitrogens with zero attached hydrogens (tertiary/aromatic N) is 2. The molecule has 3 rings (SSSR count). The van der Waals surface area contributed by atoms with E-state index in [1.165, 1.54) is 5.56 Å². The third-order valence-corrected chi connectivity index (χ3v) is 3.86. The normalized spacial score (nSPS) is 16.8. The molecule has 0 fully saturated rings. The number of benzene rings is 1. The van der Waals surface area contributed by atoms with Gasteiger partial charge in [0.25, 0.3) is 0 Å². The van der Waals surface area contributed by atoms with Crippen molar-refractivity contribution in [3.05, 3.63) is 53.3 Å². The number of hydrogen-bond acceptors (Lipinski definition) is 3. The zero-order chi connectivity index (χ0) is 16.1. The van der Waals surface area contributed by atoms with Crippen molar-refractivity contribution < 1.29 is 13.9 Å². The minimum Gasteiger partial charge on any atom is -0.370 e. The van der Waals surface area contributed by atoms with Crippen LogP contribution >= 0.6 is 0 Å². The Balaban J connectivity index is 1.68. The smallest absolute Gasteiger partial charge is 0.222 e. The molecule has 1 aliphatic heterocycles. The molecule has 0 spiro atoms. The number of carbonyl (C=O) groups excluding carboxylic acids is 1. The van der Waals surface area contributed by atoms with E-state index in [1.807, 2.05) is 29.1 Å². The first-order valence-corrected chi connectivity index (χ1v) is 7.80. The predicted molar refractivity (Wildman–Crippen MR) is 83.8 cm³/mol. The monoisotopic (exact) mass is 317 g/mol. The summed E-state index contributed by atoms with van der Waals surface area (Å²) in [5.74, 6) is -0.299. The number of halogens is 1. The van der Waals surface area contributed by atoms with Gasteiger partial charge < -0.3 is 10.1 Å². The highest BCUT2D eigenvalue weighted by molar-refractivity contribution is 5.75. The van der Waals surface area contributed by atoms with Crippen LogP contribution in [0.4, 0.5) is 4.39 Å². The van der Waals surface area contributed by atoms with Crippen molar-refractivity contribution in [2.45, 2.75) is 25.5 Å². The van der Waals surface area contributed by atoms with E-state index in [1.54, 1.807) is 0 Å². The Labute approximate surface area is 134 Å². The molecule has 0 saturated carbocycles. The highest BCUT2D eigenvalue weighted by atomic mass is 19.1. The van der Waals surface area contributed by atoms with E-state index in [2.05, 4.69) is 22.5 Å². The Kier molecular flexibility index (Phi) is 5.02. The number of fused-ring (bicyclic) bond motifs is 1. The minimum atomic E-state index is -0.645. The average molecular weight is 317 g/mol. The molecule has 0 aliphatic carbocycles. The van der Waals surface area contributed by atoms with Crippen LogP contribution < -0.4 is 5.32 Å². The lowest BCUT2D eigenvalue weighted by Crippen LogP contribution is -2.32. The van der Waals surface area contributed by atoms with E-state index in [0.717, 1.165) is 17.7 Å². The standard InChI is InChI=1S/C17H20FN3O2/c18-8-6-16(22)19-10-15-17-14(7-9-23-15)12-21(20-17)11-13-4-2-1-3-5-13/h1-5,12,15H,6-11H2,(H,19,22). The first-order chi connectivity index (χ1) is 11.3. The maximum atomic E-state index is 12.2. The van der Waals surface area contributed by atoms with Crippen LogP contribution in [0.5, 0.6) is 0 Å². The van der Waals surface area contributed by atoms with Crippen molar-refractivity contribution in [1.82, 2.24) is 15.1 Å². The zero-order valence-electron chi connectivity index (χ0n) is 12.9. The van der Waals surface area contributed by atoms with Gasteiger partial charge in [0.1, 0.15) is 6.10 Å². The molecular formula is C17H20FN3O2. The predicted octanol–water partition coefficient (Wildman–Crippen LogP) is 2.02. The van der Waals surface area contributed by atoms with Crippen molar-refractivity contribution in [2.24, 2.45) is 0 Å². The van der Waals surface area contributed by atoms with Gasteiger partial charge in [0.15, 0.2) is 0 Å². The van der Waals surface area contributed by atoms with Gasteiger partial charge in [-0.2, -0.15) is 5.10 Å². The average Bonchev–Trinajstić information content (AvgIpc) is 2.97. The third kappa shape index (κ3) is 3.96. The molecule has 0 saturated heterocycles. The number of hydrogen-bond donors (Lipinski definition) is 1. The molecule has 1 N–H and O–H groups in total. The lowest BCUT2D eigenvalue weighted by atomic mass is 10.1. The SMILES string of the molecule is O=C(CCF)NCC1OCCc2cn(Cc3ccccc3)nc21. The van der Waals surface area contributed by atoms with Gasteiger partial charge in [-0.3, -0.25) is 13.9 Å². The quantitative estimate of drug-likeness (QED) is 0.887. The topological polar surface area (TPSA) is 56.1 Å². The van der Waals surface area contributed by atoms with Gasteiger partial charge in [-0.25, -0.2) is 0 Å². The molecule has 122 valence electrons. The summed E-state index contributed by atoms with van der Waals surface area (Å²) in [5.41, 5.74) is 3.20. The molecule has 1 aromatic heterocycles. The summed E-state index contributed by atoms with van der Waals surface area (Å²) in [6.07, 6.45) is 2.49. The molecular weight excluding hydrogens is 297 g/mol. The molecule has 2 heterocycles. The molecule has 2 aromatic rings. The minimum absolute atomic E-state index is 0.109. The lowest BCUT2D eigenvalue weighted by molar-refractivity contribution is -0.122. The number of carbonyl (C=O) groups is 1. The van der Waals surface area contributed by atoms with Gasteiger partial charge in [-0.15, -0.1) is 0 Å². The summed E-state index contributed by atoms with van der Waals surface area (Å²) in [6, 6.07) is 10.1. The summed E-state index contributed by atoms with van der Waals surface area (Å²) in [4.78, 5) is 11.4. The molecule has 1 unspecified atom stereocenters. The van der Waals surface area contributed by atoms with E-state index in [0.29, 0.717) is 19.7 Å². The molecule has 1 aromatic carbocycles. The Morgan fingerprint density at radius 3 is 3.00 bits per heavy atom.